The highest BCUT2D eigenvalue weighted by Gasteiger charge is 2.11. The number of pyridine rings is 1. The molecule has 0 saturated carbocycles. The van der Waals surface area contributed by atoms with E-state index in [9.17, 15) is 5.21 Å². The lowest BCUT2D eigenvalue weighted by Crippen LogP contribution is -2.33. The van der Waals surface area contributed by atoms with Crippen LogP contribution in [-0.4, -0.2) is 0 Å². The van der Waals surface area contributed by atoms with E-state index in [0.29, 0.717) is 5.69 Å². The fraction of sp³-hybridized carbons (Fsp3) is 0.375. The van der Waals surface area contributed by atoms with Crippen LogP contribution in [0.3, 0.4) is 0 Å². The Morgan fingerprint density at radius 1 is 1.45 bits per heavy atom. The number of halogens is 1. The van der Waals surface area contributed by atoms with Gasteiger partial charge in [-0.2, -0.15) is 4.73 Å². The van der Waals surface area contributed by atoms with Crippen LogP contribution in [0.4, 0.5) is 0 Å². The Labute approximate surface area is 71.0 Å². The van der Waals surface area contributed by atoms with Gasteiger partial charge in [-0.15, -0.1) is 0 Å². The number of hydrogen-bond acceptors (Lipinski definition) is 1. The second kappa shape index (κ2) is 3.09. The molecule has 60 valence electrons. The third-order valence-corrected chi connectivity index (χ3v) is 1.80. The Kier molecular flexibility index (Phi) is 2.35. The first kappa shape index (κ1) is 8.34. The van der Waals surface area contributed by atoms with E-state index in [2.05, 4.69) is 0 Å². The molecule has 0 amide bonds. The molecule has 0 unspecified atom stereocenters. The summed E-state index contributed by atoms with van der Waals surface area (Å²) in [4.78, 5) is 0. The monoisotopic (exact) mass is 171 g/mol. The van der Waals surface area contributed by atoms with Crippen LogP contribution in [0.1, 0.15) is 25.5 Å². The van der Waals surface area contributed by atoms with E-state index in [4.69, 9.17) is 11.6 Å². The van der Waals surface area contributed by atoms with Crippen molar-refractivity contribution in [3.63, 3.8) is 0 Å². The molecule has 3 heteroatoms. The summed E-state index contributed by atoms with van der Waals surface area (Å²) in [6, 6.07) is 5.15. The number of hydrogen-bond donors (Lipinski definition) is 0. The third kappa shape index (κ3) is 1.63. The highest BCUT2D eigenvalue weighted by Crippen LogP contribution is 2.11. The molecule has 0 atom stereocenters. The Morgan fingerprint density at radius 2 is 2.09 bits per heavy atom. The van der Waals surface area contributed by atoms with Gasteiger partial charge in [0, 0.05) is 18.1 Å². The van der Waals surface area contributed by atoms with Crippen LogP contribution in [0, 0.1) is 5.21 Å². The molecule has 0 radical (unpaired) electrons. The molecular formula is C8H10ClNO. The molecule has 1 heterocycles. The Hall–Kier alpha value is -0.760. The molecule has 1 aromatic rings. The first-order valence-corrected chi connectivity index (χ1v) is 3.88. The van der Waals surface area contributed by atoms with Crippen molar-refractivity contribution >= 4 is 11.6 Å². The molecule has 0 saturated heterocycles. The standard InChI is InChI=1S/C8H10ClNO/c1-6(2)7-4-3-5-8(9)10(7)11/h3-6H,1-2H3. The zero-order chi connectivity index (χ0) is 8.43. The minimum atomic E-state index is 0.214. The van der Waals surface area contributed by atoms with Gasteiger partial charge in [-0.3, -0.25) is 0 Å². The molecule has 1 rings (SSSR count). The summed E-state index contributed by atoms with van der Waals surface area (Å²) >= 11 is 5.61. The van der Waals surface area contributed by atoms with Gasteiger partial charge in [0.25, 0.3) is 5.15 Å². The van der Waals surface area contributed by atoms with Crippen molar-refractivity contribution in [2.45, 2.75) is 19.8 Å². The molecule has 0 spiro atoms. The molecule has 11 heavy (non-hydrogen) atoms. The first-order valence-electron chi connectivity index (χ1n) is 3.51. The van der Waals surface area contributed by atoms with Gasteiger partial charge in [0.2, 0.25) is 0 Å². The van der Waals surface area contributed by atoms with Crippen molar-refractivity contribution in [3.05, 3.63) is 34.3 Å². The second-order valence-electron chi connectivity index (χ2n) is 2.72. The maximum atomic E-state index is 11.2. The normalized spacial score (nSPS) is 10.5. The van der Waals surface area contributed by atoms with E-state index in [1.54, 1.807) is 18.2 Å². The topological polar surface area (TPSA) is 26.9 Å². The number of nitrogens with zero attached hydrogens (tertiary/aromatic N) is 1. The highest BCUT2D eigenvalue weighted by atomic mass is 35.5. The molecule has 0 aliphatic rings. The van der Waals surface area contributed by atoms with Crippen molar-refractivity contribution < 1.29 is 4.73 Å². The van der Waals surface area contributed by atoms with Crippen molar-refractivity contribution in [2.24, 2.45) is 0 Å². The Balaban J connectivity index is 3.17. The van der Waals surface area contributed by atoms with Crippen LogP contribution >= 0.6 is 11.6 Å². The lowest BCUT2D eigenvalue weighted by molar-refractivity contribution is -0.612. The summed E-state index contributed by atoms with van der Waals surface area (Å²) in [5.74, 6) is 0.214. The van der Waals surface area contributed by atoms with Crippen LogP contribution in [0.25, 0.3) is 0 Å². The zero-order valence-corrected chi connectivity index (χ0v) is 7.30. The van der Waals surface area contributed by atoms with Gasteiger partial charge in [0.05, 0.1) is 0 Å². The van der Waals surface area contributed by atoms with Crippen molar-refractivity contribution in [1.82, 2.24) is 0 Å². The van der Waals surface area contributed by atoms with E-state index in [1.165, 1.54) is 0 Å². The average molecular weight is 172 g/mol. The average Bonchev–Trinajstić information content (AvgIpc) is 1.94. The summed E-state index contributed by atoms with van der Waals surface area (Å²) in [6.07, 6.45) is 0. The predicted octanol–water partition coefficient (Wildman–Crippen LogP) is 2.10. The van der Waals surface area contributed by atoms with Gasteiger partial charge in [-0.1, -0.05) is 13.8 Å². The maximum absolute atomic E-state index is 11.2. The van der Waals surface area contributed by atoms with E-state index >= 15 is 0 Å². The molecule has 0 fully saturated rings. The SMILES string of the molecule is CC(C)c1cccc(Cl)[n+]1[O-]. The molecule has 1 aromatic heterocycles. The molecule has 2 nitrogen and oxygen atoms in total. The quantitative estimate of drug-likeness (QED) is 0.361. The highest BCUT2D eigenvalue weighted by molar-refractivity contribution is 6.28. The van der Waals surface area contributed by atoms with Crippen molar-refractivity contribution in [3.8, 4) is 0 Å². The maximum Gasteiger partial charge on any atom is 0.286 e. The third-order valence-electron chi connectivity index (χ3n) is 1.52. The van der Waals surface area contributed by atoms with E-state index in [0.717, 1.165) is 4.73 Å². The number of rotatable bonds is 1. The minimum Gasteiger partial charge on any atom is -0.617 e. The molecule has 0 aliphatic heterocycles. The van der Waals surface area contributed by atoms with Crippen LogP contribution in [-0.2, 0) is 0 Å². The van der Waals surface area contributed by atoms with Gasteiger partial charge >= 0.3 is 0 Å². The van der Waals surface area contributed by atoms with Gasteiger partial charge in [0.15, 0.2) is 5.69 Å². The van der Waals surface area contributed by atoms with E-state index in [1.807, 2.05) is 13.8 Å². The van der Waals surface area contributed by atoms with Crippen LogP contribution in [0.15, 0.2) is 18.2 Å². The molecule has 0 aromatic carbocycles. The summed E-state index contributed by atoms with van der Waals surface area (Å²) in [7, 11) is 0. The van der Waals surface area contributed by atoms with Gasteiger partial charge in [-0.05, 0) is 17.7 Å². The number of aromatic nitrogens is 1. The predicted molar refractivity (Wildman–Crippen MR) is 44.5 cm³/mol. The molecule has 0 aliphatic carbocycles. The van der Waals surface area contributed by atoms with E-state index < -0.39 is 0 Å². The minimum absolute atomic E-state index is 0.214. The summed E-state index contributed by atoms with van der Waals surface area (Å²) < 4.78 is 0.756. The van der Waals surface area contributed by atoms with Crippen LogP contribution in [0.2, 0.25) is 5.15 Å². The zero-order valence-electron chi connectivity index (χ0n) is 6.54. The van der Waals surface area contributed by atoms with Gasteiger partial charge < -0.3 is 5.21 Å². The fourth-order valence-corrected chi connectivity index (χ4v) is 1.08. The van der Waals surface area contributed by atoms with Gasteiger partial charge in [0.1, 0.15) is 0 Å². The molecule has 0 N–H and O–H groups in total. The molecule has 0 bridgehead atoms. The summed E-state index contributed by atoms with van der Waals surface area (Å²) in [5.41, 5.74) is 0.706. The Morgan fingerprint density at radius 3 is 2.55 bits per heavy atom. The molecular weight excluding hydrogens is 162 g/mol. The van der Waals surface area contributed by atoms with Crippen molar-refractivity contribution in [1.29, 1.82) is 0 Å². The second-order valence-corrected chi connectivity index (χ2v) is 3.11. The lowest BCUT2D eigenvalue weighted by atomic mass is 10.1. The lowest BCUT2D eigenvalue weighted by Gasteiger charge is -2.06. The smallest absolute Gasteiger partial charge is 0.286 e. The van der Waals surface area contributed by atoms with Crippen LogP contribution in [0.5, 0.6) is 0 Å². The summed E-state index contributed by atoms with van der Waals surface area (Å²) in [5, 5.41) is 11.4. The van der Waals surface area contributed by atoms with Crippen molar-refractivity contribution in [2.75, 3.05) is 0 Å². The Bertz CT molecular complexity index is 260. The fourth-order valence-electron chi connectivity index (χ4n) is 0.912. The van der Waals surface area contributed by atoms with Crippen LogP contribution < -0.4 is 4.73 Å². The van der Waals surface area contributed by atoms with Gasteiger partial charge in [-0.25, -0.2) is 0 Å². The van der Waals surface area contributed by atoms with E-state index in [-0.39, 0.29) is 11.1 Å². The summed E-state index contributed by atoms with van der Waals surface area (Å²) in [6.45, 7) is 3.92. The largest absolute Gasteiger partial charge is 0.617 e. The first-order chi connectivity index (χ1) is 5.13.